The number of ether oxygens (including phenoxy) is 1. The van der Waals surface area contributed by atoms with Crippen LogP contribution in [0.4, 0.5) is 11.6 Å². The lowest BCUT2D eigenvalue weighted by molar-refractivity contribution is -0.0271. The molecule has 1 saturated heterocycles. The minimum absolute atomic E-state index is 0.332. The van der Waals surface area contributed by atoms with E-state index < -0.39 is 0 Å². The largest absolute Gasteiger partial charge is 0.384 e. The number of nitrogens with two attached hydrogens (primary N) is 1. The lowest BCUT2D eigenvalue weighted by Crippen LogP contribution is -2.38. The van der Waals surface area contributed by atoms with Crippen LogP contribution in [-0.4, -0.2) is 33.7 Å². The first-order valence-electron chi connectivity index (χ1n) is 8.46. The number of aromatic nitrogens is 3. The topological polar surface area (TPSA) is 86.0 Å². The summed E-state index contributed by atoms with van der Waals surface area (Å²) in [5, 5.41) is 4.47. The Morgan fingerprint density at radius 1 is 1.30 bits per heavy atom. The van der Waals surface area contributed by atoms with Crippen LogP contribution in [0.25, 0.3) is 11.0 Å². The van der Waals surface area contributed by atoms with Gasteiger partial charge in [0, 0.05) is 12.6 Å². The summed E-state index contributed by atoms with van der Waals surface area (Å²) in [4.78, 5) is 12.9. The van der Waals surface area contributed by atoms with Crippen LogP contribution in [0.5, 0.6) is 0 Å². The Bertz CT molecular complexity index is 658. The van der Waals surface area contributed by atoms with Gasteiger partial charge < -0.3 is 15.8 Å². The first-order valence-corrected chi connectivity index (χ1v) is 8.46. The Hall–Kier alpha value is -1.95. The predicted octanol–water partition coefficient (Wildman–Crippen LogP) is 3.00. The van der Waals surface area contributed by atoms with Crippen LogP contribution in [0.15, 0.2) is 18.5 Å². The van der Waals surface area contributed by atoms with Crippen LogP contribution in [0.3, 0.4) is 0 Å². The Balaban J connectivity index is 1.76. The third-order valence-corrected chi connectivity index (χ3v) is 4.75. The molecule has 1 aliphatic rings. The van der Waals surface area contributed by atoms with Gasteiger partial charge in [-0.05, 0) is 30.9 Å². The second-order valence-corrected chi connectivity index (χ2v) is 6.18. The zero-order valence-corrected chi connectivity index (χ0v) is 13.8. The van der Waals surface area contributed by atoms with Gasteiger partial charge in [0.15, 0.2) is 5.65 Å². The fourth-order valence-electron chi connectivity index (χ4n) is 3.37. The molecule has 3 heterocycles. The number of pyridine rings is 1. The second-order valence-electron chi connectivity index (χ2n) is 6.18. The number of rotatable bonds is 5. The number of nitrogens with zero attached hydrogens (tertiary/aromatic N) is 3. The summed E-state index contributed by atoms with van der Waals surface area (Å²) in [5.74, 6) is 1.93. The molecule has 2 atom stereocenters. The van der Waals surface area contributed by atoms with Crippen molar-refractivity contribution in [3.63, 3.8) is 0 Å². The summed E-state index contributed by atoms with van der Waals surface area (Å²) in [6.07, 6.45) is 6.19. The number of hydrogen-bond donors (Lipinski definition) is 2. The van der Waals surface area contributed by atoms with E-state index in [1.807, 2.05) is 6.07 Å². The molecule has 6 nitrogen and oxygen atoms in total. The molecular weight excluding hydrogens is 290 g/mol. The molecule has 23 heavy (non-hydrogen) atoms. The number of nitrogen functional groups attached to an aromatic ring is 1. The molecule has 1 fully saturated rings. The Morgan fingerprint density at radius 3 is 2.91 bits per heavy atom. The summed E-state index contributed by atoms with van der Waals surface area (Å²) < 4.78 is 5.99. The molecule has 3 rings (SSSR count). The standard InChI is InChI=1S/C17H25N5O/c1-3-11(4-2)14-9-12(7-8-23-14)21-16-13-5-6-15(18)22-17(13)20-10-19-16/h5-6,10-12,14H,3-4,7-9H2,1-2H3,(H3,18,19,20,21,22). The minimum atomic E-state index is 0.332. The smallest absolute Gasteiger partial charge is 0.166 e. The van der Waals surface area contributed by atoms with Crippen molar-refractivity contribution >= 4 is 22.7 Å². The zero-order valence-electron chi connectivity index (χ0n) is 13.8. The van der Waals surface area contributed by atoms with E-state index >= 15 is 0 Å². The molecule has 3 N–H and O–H groups in total. The van der Waals surface area contributed by atoms with Crippen molar-refractivity contribution in [1.29, 1.82) is 0 Å². The highest BCUT2D eigenvalue weighted by molar-refractivity contribution is 5.87. The molecule has 0 radical (unpaired) electrons. The predicted molar refractivity (Wildman–Crippen MR) is 92.2 cm³/mol. The maximum absolute atomic E-state index is 5.99. The Morgan fingerprint density at radius 2 is 2.13 bits per heavy atom. The normalized spacial score (nSPS) is 21.7. The van der Waals surface area contributed by atoms with Gasteiger partial charge in [0.25, 0.3) is 0 Å². The summed E-state index contributed by atoms with van der Waals surface area (Å²) >= 11 is 0. The fraction of sp³-hybridized carbons (Fsp3) is 0.588. The van der Waals surface area contributed by atoms with Gasteiger partial charge in [-0.2, -0.15) is 0 Å². The Kier molecular flexibility index (Phi) is 4.91. The summed E-state index contributed by atoms with van der Waals surface area (Å²) in [6, 6.07) is 4.08. The van der Waals surface area contributed by atoms with Gasteiger partial charge >= 0.3 is 0 Å². The molecule has 124 valence electrons. The summed E-state index contributed by atoms with van der Waals surface area (Å²) in [5.41, 5.74) is 6.36. The van der Waals surface area contributed by atoms with E-state index in [1.165, 1.54) is 6.33 Å². The summed E-state index contributed by atoms with van der Waals surface area (Å²) in [7, 11) is 0. The van der Waals surface area contributed by atoms with Gasteiger partial charge in [-0.15, -0.1) is 0 Å². The molecule has 0 spiro atoms. The minimum Gasteiger partial charge on any atom is -0.384 e. The van der Waals surface area contributed by atoms with Crippen LogP contribution >= 0.6 is 0 Å². The van der Waals surface area contributed by atoms with Crippen LogP contribution in [0.2, 0.25) is 0 Å². The van der Waals surface area contributed by atoms with Gasteiger partial charge in [0.05, 0.1) is 11.5 Å². The van der Waals surface area contributed by atoms with Gasteiger partial charge in [-0.3, -0.25) is 0 Å². The lowest BCUT2D eigenvalue weighted by Gasteiger charge is -2.34. The van der Waals surface area contributed by atoms with E-state index in [-0.39, 0.29) is 0 Å². The van der Waals surface area contributed by atoms with Gasteiger partial charge in [-0.25, -0.2) is 15.0 Å². The molecule has 2 aromatic rings. The highest BCUT2D eigenvalue weighted by Crippen LogP contribution is 2.28. The third-order valence-electron chi connectivity index (χ3n) is 4.75. The van der Waals surface area contributed by atoms with Crippen molar-refractivity contribution in [3.8, 4) is 0 Å². The number of anilines is 2. The summed E-state index contributed by atoms with van der Waals surface area (Å²) in [6.45, 7) is 5.28. The lowest BCUT2D eigenvalue weighted by atomic mass is 9.89. The van der Waals surface area contributed by atoms with E-state index in [0.29, 0.717) is 29.5 Å². The van der Waals surface area contributed by atoms with E-state index in [9.17, 15) is 0 Å². The molecule has 0 bridgehead atoms. The highest BCUT2D eigenvalue weighted by atomic mass is 16.5. The van der Waals surface area contributed by atoms with E-state index in [1.54, 1.807) is 6.07 Å². The monoisotopic (exact) mass is 315 g/mol. The molecule has 0 amide bonds. The molecule has 6 heteroatoms. The number of nitrogens with one attached hydrogen (secondary N) is 1. The van der Waals surface area contributed by atoms with Crippen LogP contribution < -0.4 is 11.1 Å². The number of fused-ring (bicyclic) bond motifs is 1. The molecule has 0 aromatic carbocycles. The van der Waals surface area contributed by atoms with Crippen molar-refractivity contribution in [1.82, 2.24) is 15.0 Å². The third kappa shape index (κ3) is 3.52. The molecular formula is C17H25N5O. The fourth-order valence-corrected chi connectivity index (χ4v) is 3.37. The first-order chi connectivity index (χ1) is 11.2. The maximum atomic E-state index is 5.99. The Labute approximate surface area is 136 Å². The van der Waals surface area contributed by atoms with Crippen molar-refractivity contribution in [2.45, 2.75) is 51.7 Å². The van der Waals surface area contributed by atoms with Gasteiger partial charge in [-0.1, -0.05) is 26.7 Å². The quantitative estimate of drug-likeness (QED) is 0.882. The SMILES string of the molecule is CCC(CC)C1CC(Nc2ncnc3nc(N)ccc23)CCO1. The van der Waals surface area contributed by atoms with Gasteiger partial charge in [0.1, 0.15) is 18.0 Å². The molecule has 2 unspecified atom stereocenters. The van der Waals surface area contributed by atoms with E-state index in [0.717, 1.165) is 43.5 Å². The molecule has 1 aliphatic heterocycles. The average Bonchev–Trinajstić information content (AvgIpc) is 2.56. The van der Waals surface area contributed by atoms with Crippen LogP contribution in [0.1, 0.15) is 39.5 Å². The average molecular weight is 315 g/mol. The number of hydrogen-bond acceptors (Lipinski definition) is 6. The molecule has 0 aliphatic carbocycles. The van der Waals surface area contributed by atoms with E-state index in [4.69, 9.17) is 10.5 Å². The van der Waals surface area contributed by atoms with Crippen LogP contribution in [-0.2, 0) is 4.74 Å². The van der Waals surface area contributed by atoms with Crippen LogP contribution in [0, 0.1) is 5.92 Å². The zero-order chi connectivity index (χ0) is 16.2. The first kappa shape index (κ1) is 15.9. The molecule has 0 saturated carbocycles. The van der Waals surface area contributed by atoms with Crippen molar-refractivity contribution in [3.05, 3.63) is 18.5 Å². The molecule has 2 aromatic heterocycles. The van der Waals surface area contributed by atoms with Gasteiger partial charge in [0.2, 0.25) is 0 Å². The second kappa shape index (κ2) is 7.08. The highest BCUT2D eigenvalue weighted by Gasteiger charge is 2.28. The van der Waals surface area contributed by atoms with Crippen molar-refractivity contribution in [2.24, 2.45) is 5.92 Å². The van der Waals surface area contributed by atoms with Crippen molar-refractivity contribution < 1.29 is 4.74 Å². The van der Waals surface area contributed by atoms with E-state index in [2.05, 4.69) is 34.1 Å². The van der Waals surface area contributed by atoms with Crippen molar-refractivity contribution in [2.75, 3.05) is 17.7 Å². The maximum Gasteiger partial charge on any atom is 0.166 e.